The fourth-order valence-electron chi connectivity index (χ4n) is 2.58. The highest BCUT2D eigenvalue weighted by molar-refractivity contribution is 5.74. The lowest BCUT2D eigenvalue weighted by Crippen LogP contribution is -2.26. The summed E-state index contributed by atoms with van der Waals surface area (Å²) in [6.45, 7) is 7.04. The number of aliphatic hydroxyl groups excluding tert-OH is 1. The van der Waals surface area contributed by atoms with Crippen LogP contribution in [0.5, 0.6) is 0 Å². The summed E-state index contributed by atoms with van der Waals surface area (Å²) >= 11 is 0. The number of allylic oxidation sites excluding steroid dienone is 2. The Labute approximate surface area is 160 Å². The van der Waals surface area contributed by atoms with E-state index in [-0.39, 0.29) is 12.6 Å². The first-order valence-electron chi connectivity index (χ1n) is 10.5. The van der Waals surface area contributed by atoms with Gasteiger partial charge in [0.25, 0.3) is 0 Å². The number of esters is 1. The maximum atomic E-state index is 12.0. The molecule has 1 unspecified atom stereocenters. The zero-order chi connectivity index (χ0) is 19.3. The lowest BCUT2D eigenvalue weighted by atomic mass is 10.1. The van der Waals surface area contributed by atoms with Crippen molar-refractivity contribution in [1.29, 1.82) is 0 Å². The van der Waals surface area contributed by atoms with Crippen LogP contribution in [0.4, 0.5) is 0 Å². The van der Waals surface area contributed by atoms with Gasteiger partial charge in [-0.05, 0) is 51.5 Å². The third-order valence-corrected chi connectivity index (χ3v) is 4.15. The Morgan fingerprint density at radius 1 is 0.962 bits per heavy atom. The summed E-state index contributed by atoms with van der Waals surface area (Å²) in [4.78, 5) is 12.0. The fourth-order valence-corrected chi connectivity index (χ4v) is 2.58. The number of nitrogens with one attached hydrogen (secondary N) is 1. The largest absolute Gasteiger partial charge is 0.464 e. The van der Waals surface area contributed by atoms with E-state index in [4.69, 9.17) is 14.6 Å². The van der Waals surface area contributed by atoms with Crippen LogP contribution in [-0.4, -0.2) is 50.1 Å². The predicted octanol–water partition coefficient (Wildman–Crippen LogP) is 3.99. The summed E-state index contributed by atoms with van der Waals surface area (Å²) in [6.07, 6.45) is 14.3. The van der Waals surface area contributed by atoms with Gasteiger partial charge in [0.05, 0.1) is 13.2 Å². The minimum atomic E-state index is -0.418. The first-order chi connectivity index (χ1) is 12.8. The summed E-state index contributed by atoms with van der Waals surface area (Å²) in [5.41, 5.74) is 0. The van der Waals surface area contributed by atoms with E-state index in [9.17, 15) is 4.79 Å². The van der Waals surface area contributed by atoms with E-state index in [0.717, 1.165) is 57.9 Å². The molecule has 5 nitrogen and oxygen atoms in total. The van der Waals surface area contributed by atoms with Crippen LogP contribution in [0.25, 0.3) is 0 Å². The summed E-state index contributed by atoms with van der Waals surface area (Å²) in [5, 5.41) is 11.8. The monoisotopic (exact) mass is 371 g/mol. The second-order valence-corrected chi connectivity index (χ2v) is 6.55. The molecule has 154 valence electrons. The van der Waals surface area contributed by atoms with Crippen LogP contribution in [0.1, 0.15) is 78.1 Å². The first kappa shape index (κ1) is 25.1. The zero-order valence-electron chi connectivity index (χ0n) is 17.0. The van der Waals surface area contributed by atoms with Crippen LogP contribution in [0.15, 0.2) is 12.2 Å². The van der Waals surface area contributed by atoms with Crippen LogP contribution in [-0.2, 0) is 14.3 Å². The molecule has 26 heavy (non-hydrogen) atoms. The van der Waals surface area contributed by atoms with Gasteiger partial charge >= 0.3 is 5.97 Å². The molecule has 0 spiro atoms. The first-order valence-corrected chi connectivity index (χ1v) is 10.5. The maximum absolute atomic E-state index is 12.0. The molecule has 0 aromatic carbocycles. The van der Waals surface area contributed by atoms with Crippen molar-refractivity contribution in [3.63, 3.8) is 0 Å². The van der Waals surface area contributed by atoms with Gasteiger partial charge in [0.15, 0.2) is 6.10 Å². The second kappa shape index (κ2) is 20.4. The molecule has 0 saturated carbocycles. The van der Waals surface area contributed by atoms with Gasteiger partial charge in [-0.1, -0.05) is 45.3 Å². The third-order valence-electron chi connectivity index (χ3n) is 4.15. The van der Waals surface area contributed by atoms with Gasteiger partial charge in [-0.3, -0.25) is 0 Å². The van der Waals surface area contributed by atoms with Gasteiger partial charge in [0, 0.05) is 13.2 Å². The Morgan fingerprint density at radius 3 is 2.42 bits per heavy atom. The van der Waals surface area contributed by atoms with Crippen LogP contribution < -0.4 is 5.32 Å². The Kier molecular flexibility index (Phi) is 19.7. The molecule has 0 fully saturated rings. The number of unbranched alkanes of at least 4 members (excludes halogenated alkanes) is 6. The lowest BCUT2D eigenvalue weighted by Gasteiger charge is -2.15. The molecular formula is C21H41NO4. The smallest absolute Gasteiger partial charge is 0.335 e. The van der Waals surface area contributed by atoms with E-state index in [2.05, 4.69) is 24.4 Å². The van der Waals surface area contributed by atoms with Crippen LogP contribution >= 0.6 is 0 Å². The molecule has 0 radical (unpaired) electrons. The Balaban J connectivity index is 3.53. The number of hydrogen-bond donors (Lipinski definition) is 2. The molecule has 5 heteroatoms. The molecule has 0 aliphatic carbocycles. The molecule has 1 atom stereocenters. The van der Waals surface area contributed by atoms with Gasteiger partial charge in [-0.2, -0.15) is 0 Å². The molecule has 0 heterocycles. The molecule has 2 N–H and O–H groups in total. The van der Waals surface area contributed by atoms with Crippen LogP contribution in [0, 0.1) is 0 Å². The highest BCUT2D eigenvalue weighted by atomic mass is 16.6. The van der Waals surface area contributed by atoms with Crippen molar-refractivity contribution < 1.29 is 19.4 Å². The molecule has 0 amide bonds. The molecule has 0 bridgehead atoms. The number of aliphatic hydroxyl groups is 1. The number of rotatable bonds is 19. The zero-order valence-corrected chi connectivity index (χ0v) is 17.0. The van der Waals surface area contributed by atoms with Crippen molar-refractivity contribution in [1.82, 2.24) is 5.32 Å². The average molecular weight is 372 g/mol. The molecule has 0 aliphatic heterocycles. The van der Waals surface area contributed by atoms with Gasteiger partial charge in [-0.15, -0.1) is 0 Å². The van der Waals surface area contributed by atoms with E-state index in [1.165, 1.54) is 6.42 Å². The lowest BCUT2D eigenvalue weighted by molar-refractivity contribution is -0.157. The topological polar surface area (TPSA) is 67.8 Å². The Morgan fingerprint density at radius 2 is 1.69 bits per heavy atom. The summed E-state index contributed by atoms with van der Waals surface area (Å²) in [6, 6.07) is 0. The number of carbonyl (C=O) groups excluding carboxylic acids is 1. The molecule has 0 aromatic heterocycles. The molecular weight excluding hydrogens is 330 g/mol. The van der Waals surface area contributed by atoms with Crippen molar-refractivity contribution in [3.8, 4) is 0 Å². The maximum Gasteiger partial charge on any atom is 0.335 e. The minimum Gasteiger partial charge on any atom is -0.464 e. The molecule has 0 aromatic rings. The van der Waals surface area contributed by atoms with E-state index >= 15 is 0 Å². The Hall–Kier alpha value is -0.910. The molecule has 0 rings (SSSR count). The third kappa shape index (κ3) is 16.6. The normalized spacial score (nSPS) is 12.6. The van der Waals surface area contributed by atoms with Crippen molar-refractivity contribution in [2.45, 2.75) is 84.2 Å². The van der Waals surface area contributed by atoms with Gasteiger partial charge in [0.2, 0.25) is 0 Å². The van der Waals surface area contributed by atoms with E-state index < -0.39 is 6.10 Å². The van der Waals surface area contributed by atoms with Gasteiger partial charge in [0.1, 0.15) is 0 Å². The number of hydrogen-bond acceptors (Lipinski definition) is 5. The van der Waals surface area contributed by atoms with Crippen molar-refractivity contribution in [2.24, 2.45) is 0 Å². The van der Waals surface area contributed by atoms with Crippen molar-refractivity contribution in [3.05, 3.63) is 12.2 Å². The Bertz CT molecular complexity index is 334. The van der Waals surface area contributed by atoms with E-state index in [0.29, 0.717) is 26.2 Å². The number of carbonyl (C=O) groups is 1. The van der Waals surface area contributed by atoms with Crippen LogP contribution in [0.2, 0.25) is 0 Å². The highest BCUT2D eigenvalue weighted by Crippen LogP contribution is 2.07. The molecule has 0 saturated heterocycles. The standard InChI is InChI=1S/C21H41NO4/c1-3-5-6-7-10-13-18-25-20(4-2)21(24)26-19-14-11-8-9-12-15-22-16-17-23/h5-6,20,22-23H,3-4,7-19H2,1-2H3/b6-5-. The summed E-state index contributed by atoms with van der Waals surface area (Å²) in [7, 11) is 0. The predicted molar refractivity (Wildman–Crippen MR) is 107 cm³/mol. The van der Waals surface area contributed by atoms with Gasteiger partial charge in [-0.25, -0.2) is 4.79 Å². The summed E-state index contributed by atoms with van der Waals surface area (Å²) < 4.78 is 11.0. The SMILES string of the molecule is CC/C=C\CCCCOC(CC)C(=O)OCCCCCCCNCCO. The van der Waals surface area contributed by atoms with Crippen molar-refractivity contribution in [2.75, 3.05) is 32.9 Å². The highest BCUT2D eigenvalue weighted by Gasteiger charge is 2.18. The van der Waals surface area contributed by atoms with E-state index in [1.54, 1.807) is 0 Å². The minimum absolute atomic E-state index is 0.199. The van der Waals surface area contributed by atoms with E-state index in [1.807, 2.05) is 6.92 Å². The van der Waals surface area contributed by atoms with Crippen LogP contribution in [0.3, 0.4) is 0 Å². The summed E-state index contributed by atoms with van der Waals surface area (Å²) in [5.74, 6) is -0.216. The number of ether oxygens (including phenoxy) is 2. The fraction of sp³-hybridized carbons (Fsp3) is 0.857. The molecule has 0 aliphatic rings. The quantitative estimate of drug-likeness (QED) is 0.204. The van der Waals surface area contributed by atoms with Crippen molar-refractivity contribution >= 4 is 5.97 Å². The average Bonchev–Trinajstić information content (AvgIpc) is 2.65. The second-order valence-electron chi connectivity index (χ2n) is 6.55. The van der Waals surface area contributed by atoms with Gasteiger partial charge < -0.3 is 19.9 Å².